The predicted octanol–water partition coefficient (Wildman–Crippen LogP) is -0.267. The molecule has 1 aliphatic heterocycles. The molecular formula is C18H25N5O5. The minimum atomic E-state index is -0.250. The van der Waals surface area contributed by atoms with Gasteiger partial charge in [-0.25, -0.2) is 0 Å². The average Bonchev–Trinajstić information content (AvgIpc) is 3.20. The number of nitrogens with zero attached hydrogens (tertiary/aromatic N) is 5. The molecule has 1 saturated heterocycles. The molecule has 1 aromatic carbocycles. The van der Waals surface area contributed by atoms with Crippen molar-refractivity contribution in [1.29, 1.82) is 0 Å². The van der Waals surface area contributed by atoms with Gasteiger partial charge in [-0.05, 0) is 19.2 Å². The fraction of sp³-hybridized carbons (Fsp3) is 0.444. The first-order valence-corrected chi connectivity index (χ1v) is 8.84. The number of para-hydroxylation sites is 1. The van der Waals surface area contributed by atoms with Crippen LogP contribution in [-0.2, 0) is 9.53 Å². The van der Waals surface area contributed by atoms with Crippen molar-refractivity contribution in [3.8, 4) is 5.69 Å². The topological polar surface area (TPSA) is 121 Å². The van der Waals surface area contributed by atoms with Crippen molar-refractivity contribution >= 4 is 12.4 Å². The summed E-state index contributed by atoms with van der Waals surface area (Å²) < 4.78 is 5.53. The lowest BCUT2D eigenvalue weighted by molar-refractivity contribution is -0.122. The van der Waals surface area contributed by atoms with Crippen molar-refractivity contribution in [2.24, 2.45) is 0 Å². The van der Waals surface area contributed by atoms with Gasteiger partial charge >= 0.3 is 0 Å². The van der Waals surface area contributed by atoms with Crippen molar-refractivity contribution in [3.05, 3.63) is 42.2 Å². The number of carbonyl (C=O) groups is 2. The summed E-state index contributed by atoms with van der Waals surface area (Å²) in [7, 11) is 1.92. The SMILES string of the molecule is CN(CCO)CC1COCCN1C(=O)c1cnn(-c2ccccc2)n1.O=CO. The Balaban J connectivity index is 0.000000878. The normalized spacial score (nSPS) is 16.4. The fourth-order valence-corrected chi connectivity index (χ4v) is 2.89. The maximum Gasteiger partial charge on any atom is 0.290 e. The lowest BCUT2D eigenvalue weighted by Gasteiger charge is -2.37. The average molecular weight is 391 g/mol. The number of aliphatic hydroxyl groups excluding tert-OH is 1. The second kappa shape index (κ2) is 11.1. The summed E-state index contributed by atoms with van der Waals surface area (Å²) in [5, 5.41) is 24.5. The third kappa shape index (κ3) is 5.84. The van der Waals surface area contributed by atoms with Crippen molar-refractivity contribution in [3.63, 3.8) is 0 Å². The summed E-state index contributed by atoms with van der Waals surface area (Å²) in [4.78, 5) is 26.5. The second-order valence-corrected chi connectivity index (χ2v) is 6.17. The Morgan fingerprint density at radius 3 is 2.79 bits per heavy atom. The monoisotopic (exact) mass is 391 g/mol. The van der Waals surface area contributed by atoms with Gasteiger partial charge in [0.2, 0.25) is 0 Å². The zero-order valence-electron chi connectivity index (χ0n) is 15.7. The number of carboxylic acid groups (broad SMARTS) is 1. The summed E-state index contributed by atoms with van der Waals surface area (Å²) in [6, 6.07) is 9.41. The minimum Gasteiger partial charge on any atom is -0.483 e. The molecule has 152 valence electrons. The Morgan fingerprint density at radius 1 is 1.39 bits per heavy atom. The van der Waals surface area contributed by atoms with E-state index in [2.05, 4.69) is 10.2 Å². The summed E-state index contributed by atoms with van der Waals surface area (Å²) in [5.41, 5.74) is 1.13. The summed E-state index contributed by atoms with van der Waals surface area (Å²) in [5.74, 6) is -0.145. The molecule has 10 heteroatoms. The van der Waals surface area contributed by atoms with Gasteiger partial charge in [0.15, 0.2) is 5.69 Å². The highest BCUT2D eigenvalue weighted by Crippen LogP contribution is 2.13. The number of hydrogen-bond acceptors (Lipinski definition) is 7. The van der Waals surface area contributed by atoms with E-state index in [1.54, 1.807) is 4.90 Å². The van der Waals surface area contributed by atoms with E-state index in [-0.39, 0.29) is 25.0 Å². The molecular weight excluding hydrogens is 366 g/mol. The third-order valence-electron chi connectivity index (χ3n) is 4.19. The Kier molecular flexibility index (Phi) is 8.53. The number of amides is 1. The standard InChI is InChI=1S/C17H23N5O3.CH2O2/c1-20(7-9-23)12-15-13-25-10-8-21(15)17(24)16-11-18-22(19-16)14-5-3-2-4-6-14;2-1-3/h2-6,11,15,23H,7-10,12-13H2,1H3;1H,(H,2,3). The molecule has 28 heavy (non-hydrogen) atoms. The molecule has 1 fully saturated rings. The van der Waals surface area contributed by atoms with E-state index in [0.29, 0.717) is 38.5 Å². The molecule has 2 aromatic rings. The van der Waals surface area contributed by atoms with Crippen LogP contribution in [-0.4, -0.2) is 99.9 Å². The summed E-state index contributed by atoms with van der Waals surface area (Å²) >= 11 is 0. The second-order valence-electron chi connectivity index (χ2n) is 6.17. The van der Waals surface area contributed by atoms with Gasteiger partial charge in [0.05, 0.1) is 37.7 Å². The van der Waals surface area contributed by atoms with Gasteiger partial charge in [-0.1, -0.05) is 18.2 Å². The molecule has 2 heterocycles. The molecule has 1 atom stereocenters. The predicted molar refractivity (Wildman–Crippen MR) is 100 cm³/mol. The first-order chi connectivity index (χ1) is 13.6. The van der Waals surface area contributed by atoms with Gasteiger partial charge in [0.25, 0.3) is 12.4 Å². The Bertz CT molecular complexity index is 739. The zero-order valence-corrected chi connectivity index (χ0v) is 15.7. The molecule has 1 aromatic heterocycles. The van der Waals surface area contributed by atoms with Crippen LogP contribution in [0.3, 0.4) is 0 Å². The van der Waals surface area contributed by atoms with Gasteiger partial charge in [0.1, 0.15) is 0 Å². The van der Waals surface area contributed by atoms with Crippen LogP contribution in [0.4, 0.5) is 0 Å². The number of morpholine rings is 1. The number of likely N-dealkylation sites (N-methyl/N-ethyl adjacent to an activating group) is 1. The largest absolute Gasteiger partial charge is 0.483 e. The fourth-order valence-electron chi connectivity index (χ4n) is 2.89. The molecule has 2 N–H and O–H groups in total. The molecule has 1 unspecified atom stereocenters. The summed E-state index contributed by atoms with van der Waals surface area (Å²) in [6.45, 7) is 2.55. The maximum atomic E-state index is 12.9. The highest BCUT2D eigenvalue weighted by atomic mass is 16.5. The Hall–Kier alpha value is -2.82. The van der Waals surface area contributed by atoms with Crippen molar-refractivity contribution in [2.75, 3.05) is 46.5 Å². The zero-order chi connectivity index (χ0) is 20.4. The highest BCUT2D eigenvalue weighted by Gasteiger charge is 2.30. The lowest BCUT2D eigenvalue weighted by Crippen LogP contribution is -2.53. The van der Waals surface area contributed by atoms with Crippen LogP contribution in [0.2, 0.25) is 0 Å². The molecule has 1 amide bonds. The molecule has 1 aliphatic rings. The van der Waals surface area contributed by atoms with E-state index in [9.17, 15) is 4.79 Å². The Morgan fingerprint density at radius 2 is 2.11 bits per heavy atom. The lowest BCUT2D eigenvalue weighted by atomic mass is 10.2. The highest BCUT2D eigenvalue weighted by molar-refractivity contribution is 5.92. The van der Waals surface area contributed by atoms with Gasteiger partial charge in [-0.15, -0.1) is 5.10 Å². The number of aliphatic hydroxyl groups is 1. The minimum absolute atomic E-state index is 0.0697. The third-order valence-corrected chi connectivity index (χ3v) is 4.19. The molecule has 3 rings (SSSR count). The molecule has 0 spiro atoms. The van der Waals surface area contributed by atoms with Crippen LogP contribution < -0.4 is 0 Å². The smallest absolute Gasteiger partial charge is 0.290 e. The Labute approximate surface area is 162 Å². The summed E-state index contributed by atoms with van der Waals surface area (Å²) in [6.07, 6.45) is 1.50. The van der Waals surface area contributed by atoms with Crippen molar-refractivity contribution in [1.82, 2.24) is 24.8 Å². The van der Waals surface area contributed by atoms with E-state index in [4.69, 9.17) is 19.7 Å². The molecule has 0 radical (unpaired) electrons. The molecule has 0 aliphatic carbocycles. The van der Waals surface area contributed by atoms with Gasteiger partial charge < -0.3 is 24.7 Å². The van der Waals surface area contributed by atoms with E-state index in [1.165, 1.54) is 11.0 Å². The number of hydrogen-bond donors (Lipinski definition) is 2. The van der Waals surface area contributed by atoms with E-state index < -0.39 is 0 Å². The van der Waals surface area contributed by atoms with Crippen LogP contribution in [0.1, 0.15) is 10.5 Å². The number of ether oxygens (including phenoxy) is 1. The molecule has 0 saturated carbocycles. The van der Waals surface area contributed by atoms with Gasteiger partial charge in [-0.2, -0.15) is 9.90 Å². The quantitative estimate of drug-likeness (QED) is 0.646. The van der Waals surface area contributed by atoms with Crippen LogP contribution in [0, 0.1) is 0 Å². The molecule has 0 bridgehead atoms. The van der Waals surface area contributed by atoms with Crippen molar-refractivity contribution < 1.29 is 24.5 Å². The number of rotatable bonds is 6. The van der Waals surface area contributed by atoms with Crippen LogP contribution in [0.15, 0.2) is 36.5 Å². The van der Waals surface area contributed by atoms with Crippen LogP contribution in [0.5, 0.6) is 0 Å². The van der Waals surface area contributed by atoms with Crippen molar-refractivity contribution in [2.45, 2.75) is 6.04 Å². The van der Waals surface area contributed by atoms with Gasteiger partial charge in [0, 0.05) is 19.6 Å². The first kappa shape index (κ1) is 21.5. The number of aromatic nitrogens is 3. The maximum absolute atomic E-state index is 12.9. The van der Waals surface area contributed by atoms with E-state index in [1.807, 2.05) is 42.3 Å². The van der Waals surface area contributed by atoms with E-state index >= 15 is 0 Å². The van der Waals surface area contributed by atoms with E-state index in [0.717, 1.165) is 5.69 Å². The molecule has 10 nitrogen and oxygen atoms in total. The number of benzene rings is 1. The van der Waals surface area contributed by atoms with Crippen LogP contribution >= 0.6 is 0 Å². The van der Waals surface area contributed by atoms with Gasteiger partial charge in [-0.3, -0.25) is 9.59 Å². The van der Waals surface area contributed by atoms with Crippen LogP contribution in [0.25, 0.3) is 5.69 Å². The number of carbonyl (C=O) groups excluding carboxylic acids is 1. The first-order valence-electron chi connectivity index (χ1n) is 8.84.